The molecule has 0 spiro atoms. The van der Waals surface area contributed by atoms with Crippen LogP contribution in [0.5, 0.6) is 0 Å². The van der Waals surface area contributed by atoms with Crippen LogP contribution in [0.3, 0.4) is 0 Å². The second-order valence-corrected chi connectivity index (χ2v) is 8.48. The Labute approximate surface area is 196 Å². The lowest BCUT2D eigenvalue weighted by Crippen LogP contribution is -2.38. The van der Waals surface area contributed by atoms with Crippen LogP contribution in [0.4, 0.5) is 5.69 Å². The van der Waals surface area contributed by atoms with Gasteiger partial charge in [0.05, 0.1) is 32.1 Å². The number of carbonyl (C=O) groups is 2. The van der Waals surface area contributed by atoms with Crippen LogP contribution in [0.1, 0.15) is 11.1 Å². The summed E-state index contributed by atoms with van der Waals surface area (Å²) in [5.74, 6) is -1.26. The summed E-state index contributed by atoms with van der Waals surface area (Å²) >= 11 is 1.55. The van der Waals surface area contributed by atoms with Gasteiger partial charge in [0.25, 0.3) is 0 Å². The summed E-state index contributed by atoms with van der Waals surface area (Å²) in [4.78, 5) is 31.3. The number of thiazole rings is 1. The molecule has 8 heteroatoms. The number of aromatic nitrogens is 1. The fourth-order valence-electron chi connectivity index (χ4n) is 3.70. The van der Waals surface area contributed by atoms with Crippen molar-refractivity contribution < 1.29 is 23.8 Å². The highest BCUT2D eigenvalue weighted by atomic mass is 32.1. The molecule has 2 heterocycles. The molecule has 0 bridgehead atoms. The van der Waals surface area contributed by atoms with Gasteiger partial charge in [-0.15, -0.1) is 11.3 Å². The lowest BCUT2D eigenvalue weighted by Gasteiger charge is -2.31. The first-order chi connectivity index (χ1) is 15.9. The Morgan fingerprint density at radius 2 is 1.85 bits per heavy atom. The molecule has 0 radical (unpaired) electrons. The number of rotatable bonds is 5. The van der Waals surface area contributed by atoms with Crippen molar-refractivity contribution >= 4 is 29.0 Å². The van der Waals surface area contributed by atoms with Crippen LogP contribution in [0.25, 0.3) is 21.8 Å². The predicted molar refractivity (Wildman–Crippen MR) is 127 cm³/mol. The van der Waals surface area contributed by atoms with Crippen LogP contribution in [0, 0.1) is 13.8 Å². The topological polar surface area (TPSA) is 78.0 Å². The predicted octanol–water partition coefficient (Wildman–Crippen LogP) is 4.49. The zero-order chi connectivity index (χ0) is 23.5. The number of ether oxygens (including phenoxy) is 3. The molecule has 0 N–H and O–H groups in total. The molecule has 0 aliphatic carbocycles. The number of carbonyl (C=O) groups excluding carboxylic acids is 2. The number of nitrogens with zero attached hydrogens (tertiary/aromatic N) is 2. The van der Waals surface area contributed by atoms with Crippen LogP contribution in [0.2, 0.25) is 0 Å². The van der Waals surface area contributed by atoms with E-state index in [0.29, 0.717) is 5.69 Å². The Hall–Kier alpha value is -3.49. The molecule has 1 aliphatic rings. The number of esters is 2. The van der Waals surface area contributed by atoms with Gasteiger partial charge >= 0.3 is 11.9 Å². The normalized spacial score (nSPS) is 13.8. The van der Waals surface area contributed by atoms with Gasteiger partial charge in [-0.1, -0.05) is 29.8 Å². The molecule has 0 saturated heterocycles. The summed E-state index contributed by atoms with van der Waals surface area (Å²) < 4.78 is 15.4. The minimum Gasteiger partial charge on any atom is -0.466 e. The van der Waals surface area contributed by atoms with Gasteiger partial charge in [-0.25, -0.2) is 14.6 Å². The third-order valence-electron chi connectivity index (χ3n) is 5.41. The zero-order valence-corrected chi connectivity index (χ0v) is 19.7. The van der Waals surface area contributed by atoms with E-state index in [4.69, 9.17) is 19.2 Å². The fraction of sp³-hybridized carbons (Fsp3) is 0.240. The van der Waals surface area contributed by atoms with Crippen molar-refractivity contribution in [1.82, 2.24) is 4.98 Å². The SMILES string of the molecule is COC(=O)C1=C(C(=O)OC)N(c2cccc(-c3nc(-c4cc(C)ccc4C)cs3)c2)COC1. The number of hydrogen-bond donors (Lipinski definition) is 0. The van der Waals surface area contributed by atoms with E-state index in [1.54, 1.807) is 16.2 Å². The summed E-state index contributed by atoms with van der Waals surface area (Å²) in [5, 5.41) is 2.89. The van der Waals surface area contributed by atoms with Crippen molar-refractivity contribution in [3.05, 3.63) is 70.2 Å². The van der Waals surface area contributed by atoms with Gasteiger partial charge in [-0.05, 0) is 37.6 Å². The summed E-state index contributed by atoms with van der Waals surface area (Å²) in [6.45, 7) is 4.21. The molecular weight excluding hydrogens is 440 g/mol. The van der Waals surface area contributed by atoms with Crippen molar-refractivity contribution in [1.29, 1.82) is 0 Å². The molecule has 0 saturated carbocycles. The molecule has 2 aromatic carbocycles. The highest BCUT2D eigenvalue weighted by Gasteiger charge is 2.32. The Morgan fingerprint density at radius 3 is 2.61 bits per heavy atom. The van der Waals surface area contributed by atoms with E-state index in [1.807, 2.05) is 29.6 Å². The maximum Gasteiger partial charge on any atom is 0.355 e. The van der Waals surface area contributed by atoms with E-state index in [1.165, 1.54) is 25.3 Å². The summed E-state index contributed by atoms with van der Waals surface area (Å²) in [5.41, 5.74) is 6.18. The van der Waals surface area contributed by atoms with Gasteiger partial charge in [-0.2, -0.15) is 0 Å². The highest BCUT2D eigenvalue weighted by molar-refractivity contribution is 7.13. The van der Waals surface area contributed by atoms with Crippen molar-refractivity contribution in [2.24, 2.45) is 0 Å². The monoisotopic (exact) mass is 464 g/mol. The first kappa shape index (κ1) is 22.7. The number of aryl methyl sites for hydroxylation is 2. The van der Waals surface area contributed by atoms with Crippen LogP contribution < -0.4 is 4.90 Å². The number of anilines is 1. The number of hydrogen-bond acceptors (Lipinski definition) is 8. The average molecular weight is 465 g/mol. The molecule has 0 atom stereocenters. The van der Waals surface area contributed by atoms with E-state index in [9.17, 15) is 9.59 Å². The quantitative estimate of drug-likeness (QED) is 0.515. The molecule has 0 amide bonds. The van der Waals surface area contributed by atoms with Gasteiger partial charge in [0, 0.05) is 22.2 Å². The maximum atomic E-state index is 12.6. The standard InChI is InChI=1S/C25H24N2O5S/c1-15-8-9-16(2)19(10-15)21-13-33-23(26-21)17-6-5-7-18(11-17)27-14-32-12-20(24(28)30-3)22(27)25(29)31-4/h5-11,13H,12,14H2,1-4H3. The fourth-order valence-corrected chi connectivity index (χ4v) is 4.51. The Balaban J connectivity index is 1.72. The van der Waals surface area contributed by atoms with E-state index in [-0.39, 0.29) is 24.6 Å². The molecule has 0 unspecified atom stereocenters. The smallest absolute Gasteiger partial charge is 0.355 e. The van der Waals surface area contributed by atoms with Crippen LogP contribution in [-0.2, 0) is 23.8 Å². The second-order valence-electron chi connectivity index (χ2n) is 7.62. The molecule has 7 nitrogen and oxygen atoms in total. The molecule has 4 rings (SSSR count). The Bertz CT molecular complexity index is 1250. The number of methoxy groups -OCH3 is 2. The first-order valence-electron chi connectivity index (χ1n) is 10.3. The van der Waals surface area contributed by atoms with Gasteiger partial charge in [0.15, 0.2) is 0 Å². The summed E-state index contributed by atoms with van der Waals surface area (Å²) in [7, 11) is 2.54. The Morgan fingerprint density at radius 1 is 1.06 bits per heavy atom. The molecule has 33 heavy (non-hydrogen) atoms. The maximum absolute atomic E-state index is 12.6. The van der Waals surface area contributed by atoms with Crippen molar-refractivity contribution in [3.63, 3.8) is 0 Å². The summed E-state index contributed by atoms with van der Waals surface area (Å²) in [6, 6.07) is 13.9. The minimum atomic E-state index is -0.630. The van der Waals surface area contributed by atoms with Crippen LogP contribution in [0.15, 0.2) is 59.1 Å². The van der Waals surface area contributed by atoms with E-state index >= 15 is 0 Å². The first-order valence-corrected chi connectivity index (χ1v) is 11.2. The van der Waals surface area contributed by atoms with E-state index in [0.717, 1.165) is 21.8 Å². The van der Waals surface area contributed by atoms with Gasteiger partial charge in [-0.3, -0.25) is 0 Å². The zero-order valence-electron chi connectivity index (χ0n) is 18.9. The molecule has 1 aliphatic heterocycles. The molecule has 170 valence electrons. The third-order valence-corrected chi connectivity index (χ3v) is 6.30. The average Bonchev–Trinajstić information content (AvgIpc) is 3.34. The van der Waals surface area contributed by atoms with Crippen molar-refractivity contribution in [2.45, 2.75) is 13.8 Å². The number of benzene rings is 2. The van der Waals surface area contributed by atoms with Crippen LogP contribution >= 0.6 is 11.3 Å². The van der Waals surface area contributed by atoms with Gasteiger partial charge in [0.2, 0.25) is 0 Å². The summed E-state index contributed by atoms with van der Waals surface area (Å²) in [6.07, 6.45) is 0. The second kappa shape index (κ2) is 9.56. The molecule has 3 aromatic rings. The molecular formula is C25H24N2O5S. The van der Waals surface area contributed by atoms with Crippen molar-refractivity contribution in [2.75, 3.05) is 32.5 Å². The minimum absolute atomic E-state index is 0.0288. The highest BCUT2D eigenvalue weighted by Crippen LogP contribution is 2.34. The Kier molecular flexibility index (Phi) is 6.57. The van der Waals surface area contributed by atoms with Crippen LogP contribution in [-0.4, -0.2) is 44.5 Å². The van der Waals surface area contributed by atoms with E-state index in [2.05, 4.69) is 32.0 Å². The third kappa shape index (κ3) is 4.53. The lowest BCUT2D eigenvalue weighted by molar-refractivity contribution is -0.140. The van der Waals surface area contributed by atoms with Crippen molar-refractivity contribution in [3.8, 4) is 21.8 Å². The molecule has 1 aromatic heterocycles. The molecule has 0 fully saturated rings. The van der Waals surface area contributed by atoms with Gasteiger partial charge < -0.3 is 19.1 Å². The van der Waals surface area contributed by atoms with E-state index < -0.39 is 11.9 Å². The van der Waals surface area contributed by atoms with Gasteiger partial charge in [0.1, 0.15) is 17.4 Å². The lowest BCUT2D eigenvalue weighted by atomic mass is 10.0. The largest absolute Gasteiger partial charge is 0.466 e.